The molecule has 2 nitrogen and oxygen atoms in total. The van der Waals surface area contributed by atoms with Crippen LogP contribution in [0.1, 0.15) is 26.7 Å². The van der Waals surface area contributed by atoms with Gasteiger partial charge in [0.2, 0.25) is 5.92 Å². The van der Waals surface area contributed by atoms with Gasteiger partial charge < -0.3 is 5.11 Å². The van der Waals surface area contributed by atoms with E-state index in [9.17, 15) is 22.4 Å². The lowest BCUT2D eigenvalue weighted by Gasteiger charge is -2.24. The molecule has 6 heteroatoms. The van der Waals surface area contributed by atoms with E-state index in [1.54, 1.807) is 0 Å². The van der Waals surface area contributed by atoms with Gasteiger partial charge in [-0.1, -0.05) is 6.92 Å². The number of hydrogen-bond acceptors (Lipinski definition) is 1. The molecular formula is C8H12F4O2. The van der Waals surface area contributed by atoms with Crippen LogP contribution in [0.5, 0.6) is 0 Å². The molecule has 1 unspecified atom stereocenters. The van der Waals surface area contributed by atoms with Crippen LogP contribution in [0, 0.1) is 5.92 Å². The molecule has 0 amide bonds. The predicted octanol–water partition coefficient (Wildman–Crippen LogP) is 2.78. The van der Waals surface area contributed by atoms with Crippen molar-refractivity contribution < 1.29 is 27.5 Å². The SMILES string of the molecule is CCC(F)(F)C(CC(C)(F)F)C(=O)O. The fraction of sp³-hybridized carbons (Fsp3) is 0.875. The highest BCUT2D eigenvalue weighted by atomic mass is 19.3. The number of carbonyl (C=O) groups is 1. The molecule has 0 spiro atoms. The number of aliphatic carboxylic acids is 1. The first kappa shape index (κ1) is 13.2. The first-order valence-corrected chi connectivity index (χ1v) is 4.08. The summed E-state index contributed by atoms with van der Waals surface area (Å²) in [7, 11) is 0. The second kappa shape index (κ2) is 4.14. The predicted molar refractivity (Wildman–Crippen MR) is 41.6 cm³/mol. The maximum atomic E-state index is 12.9. The lowest BCUT2D eigenvalue weighted by atomic mass is 9.93. The summed E-state index contributed by atoms with van der Waals surface area (Å²) in [5, 5.41) is 8.39. The lowest BCUT2D eigenvalue weighted by Crippen LogP contribution is -2.37. The Bertz CT molecular complexity index is 210. The van der Waals surface area contributed by atoms with E-state index in [2.05, 4.69) is 0 Å². The molecule has 0 heterocycles. The highest BCUT2D eigenvalue weighted by Crippen LogP contribution is 2.35. The van der Waals surface area contributed by atoms with Gasteiger partial charge in [-0.05, 0) is 6.92 Å². The van der Waals surface area contributed by atoms with E-state index in [4.69, 9.17) is 5.11 Å². The van der Waals surface area contributed by atoms with Gasteiger partial charge in [0.1, 0.15) is 5.92 Å². The number of hydrogen-bond donors (Lipinski definition) is 1. The zero-order valence-electron chi connectivity index (χ0n) is 7.86. The molecule has 0 aromatic carbocycles. The molecule has 0 bridgehead atoms. The minimum absolute atomic E-state index is 0.425. The second-order valence-corrected chi connectivity index (χ2v) is 3.28. The highest BCUT2D eigenvalue weighted by molar-refractivity contribution is 5.71. The summed E-state index contributed by atoms with van der Waals surface area (Å²) in [6, 6.07) is 0. The van der Waals surface area contributed by atoms with Crippen LogP contribution in [-0.4, -0.2) is 22.9 Å². The molecule has 0 rings (SSSR count). The van der Waals surface area contributed by atoms with E-state index < -0.39 is 36.6 Å². The van der Waals surface area contributed by atoms with Crippen LogP contribution in [0.4, 0.5) is 17.6 Å². The Kier molecular flexibility index (Phi) is 3.91. The van der Waals surface area contributed by atoms with Gasteiger partial charge in [0.25, 0.3) is 5.92 Å². The van der Waals surface area contributed by atoms with Gasteiger partial charge in [0, 0.05) is 12.8 Å². The maximum Gasteiger partial charge on any atom is 0.312 e. The molecule has 0 saturated carbocycles. The fourth-order valence-electron chi connectivity index (χ4n) is 1.02. The van der Waals surface area contributed by atoms with E-state index in [0.29, 0.717) is 6.92 Å². The minimum Gasteiger partial charge on any atom is -0.481 e. The van der Waals surface area contributed by atoms with E-state index >= 15 is 0 Å². The highest BCUT2D eigenvalue weighted by Gasteiger charge is 2.47. The normalized spacial score (nSPS) is 15.3. The number of carboxylic acids is 1. The van der Waals surface area contributed by atoms with E-state index in [1.165, 1.54) is 0 Å². The molecule has 0 radical (unpaired) electrons. The largest absolute Gasteiger partial charge is 0.481 e. The number of alkyl halides is 4. The molecule has 0 aliphatic rings. The summed E-state index contributed by atoms with van der Waals surface area (Å²) in [5.74, 6) is -11.2. The molecule has 84 valence electrons. The molecule has 14 heavy (non-hydrogen) atoms. The third-order valence-electron chi connectivity index (χ3n) is 1.84. The molecule has 1 atom stereocenters. The topological polar surface area (TPSA) is 37.3 Å². The molecule has 1 N–H and O–H groups in total. The Morgan fingerprint density at radius 2 is 1.79 bits per heavy atom. The quantitative estimate of drug-likeness (QED) is 0.717. The first-order valence-electron chi connectivity index (χ1n) is 4.08. The molecule has 0 aliphatic carbocycles. The molecule has 0 aromatic heterocycles. The number of rotatable bonds is 5. The van der Waals surface area contributed by atoms with Crippen molar-refractivity contribution >= 4 is 5.97 Å². The minimum atomic E-state index is -3.59. The van der Waals surface area contributed by atoms with E-state index in [0.717, 1.165) is 6.92 Å². The Hall–Kier alpha value is -0.810. The average molecular weight is 216 g/mol. The Morgan fingerprint density at radius 1 is 1.36 bits per heavy atom. The van der Waals surface area contributed by atoms with E-state index in [1.807, 2.05) is 0 Å². The van der Waals surface area contributed by atoms with Gasteiger partial charge >= 0.3 is 5.97 Å². The Labute approximate surface area is 78.9 Å². The summed E-state index contributed by atoms with van der Waals surface area (Å²) in [5.41, 5.74) is 0. The van der Waals surface area contributed by atoms with Gasteiger partial charge in [0.15, 0.2) is 0 Å². The first-order chi connectivity index (χ1) is 6.10. The van der Waals surface area contributed by atoms with Crippen molar-refractivity contribution in [2.45, 2.75) is 38.5 Å². The number of carboxylic acid groups (broad SMARTS) is 1. The van der Waals surface area contributed by atoms with Crippen molar-refractivity contribution in [1.82, 2.24) is 0 Å². The van der Waals surface area contributed by atoms with Gasteiger partial charge in [-0.3, -0.25) is 4.79 Å². The standard InChI is InChI=1S/C8H12F4O2/c1-3-8(11,12)5(6(13)14)4-7(2,9)10/h5H,3-4H2,1-2H3,(H,13,14). The van der Waals surface area contributed by atoms with E-state index in [-0.39, 0.29) is 0 Å². The van der Waals surface area contributed by atoms with Gasteiger partial charge in [-0.15, -0.1) is 0 Å². The van der Waals surface area contributed by atoms with Crippen LogP contribution in [0.3, 0.4) is 0 Å². The Morgan fingerprint density at radius 3 is 2.00 bits per heavy atom. The van der Waals surface area contributed by atoms with Crippen LogP contribution in [0.2, 0.25) is 0 Å². The van der Waals surface area contributed by atoms with Gasteiger partial charge in [-0.2, -0.15) is 0 Å². The van der Waals surface area contributed by atoms with Gasteiger partial charge in [0.05, 0.1) is 0 Å². The van der Waals surface area contributed by atoms with Crippen LogP contribution in [-0.2, 0) is 4.79 Å². The molecule has 0 aromatic rings. The van der Waals surface area contributed by atoms with Crippen LogP contribution in [0.15, 0.2) is 0 Å². The van der Waals surface area contributed by atoms with Crippen molar-refractivity contribution in [2.24, 2.45) is 5.92 Å². The summed E-state index contributed by atoms with van der Waals surface area (Å²) in [6.45, 7) is 1.48. The van der Waals surface area contributed by atoms with Crippen LogP contribution < -0.4 is 0 Å². The summed E-state index contributed by atoms with van der Waals surface area (Å²) in [6.07, 6.45) is -2.11. The second-order valence-electron chi connectivity index (χ2n) is 3.28. The van der Waals surface area contributed by atoms with Crippen molar-refractivity contribution in [2.75, 3.05) is 0 Å². The smallest absolute Gasteiger partial charge is 0.312 e. The molecular weight excluding hydrogens is 204 g/mol. The average Bonchev–Trinajstić information content (AvgIpc) is 1.98. The molecule has 0 fully saturated rings. The van der Waals surface area contributed by atoms with Crippen LogP contribution in [0.25, 0.3) is 0 Å². The van der Waals surface area contributed by atoms with Crippen molar-refractivity contribution in [3.63, 3.8) is 0 Å². The number of halogens is 4. The summed E-state index contributed by atoms with van der Waals surface area (Å²) < 4.78 is 50.6. The fourth-order valence-corrected chi connectivity index (χ4v) is 1.02. The van der Waals surface area contributed by atoms with Gasteiger partial charge in [-0.25, -0.2) is 17.6 Å². The molecule has 0 saturated heterocycles. The van der Waals surface area contributed by atoms with Crippen molar-refractivity contribution in [3.05, 3.63) is 0 Å². The summed E-state index contributed by atoms with van der Waals surface area (Å²) in [4.78, 5) is 10.4. The summed E-state index contributed by atoms with van der Waals surface area (Å²) >= 11 is 0. The van der Waals surface area contributed by atoms with Crippen LogP contribution >= 0.6 is 0 Å². The monoisotopic (exact) mass is 216 g/mol. The third kappa shape index (κ3) is 3.93. The Balaban J connectivity index is 4.71. The van der Waals surface area contributed by atoms with Crippen molar-refractivity contribution in [3.8, 4) is 0 Å². The maximum absolute atomic E-state index is 12.9. The third-order valence-corrected chi connectivity index (χ3v) is 1.84. The lowest BCUT2D eigenvalue weighted by molar-refractivity contribution is -0.166. The van der Waals surface area contributed by atoms with Crippen molar-refractivity contribution in [1.29, 1.82) is 0 Å². The zero-order valence-corrected chi connectivity index (χ0v) is 7.86. The zero-order chi connectivity index (χ0) is 11.6. The molecule has 0 aliphatic heterocycles.